The van der Waals surface area contributed by atoms with Crippen molar-refractivity contribution in [2.24, 2.45) is 0 Å². The Hall–Kier alpha value is -3.49. The van der Waals surface area contributed by atoms with E-state index >= 15 is 0 Å². The molecule has 4 aromatic rings. The van der Waals surface area contributed by atoms with Gasteiger partial charge in [-0.3, -0.25) is 14.5 Å². The van der Waals surface area contributed by atoms with Crippen LogP contribution < -0.4 is 10.3 Å². The summed E-state index contributed by atoms with van der Waals surface area (Å²) in [6.45, 7) is 3.51. The molecule has 33 heavy (non-hydrogen) atoms. The Morgan fingerprint density at radius 2 is 1.85 bits per heavy atom. The number of carbonyl (C=O) groups excluding carboxylic acids is 1. The molecule has 0 spiro atoms. The molecule has 5 rings (SSSR count). The van der Waals surface area contributed by atoms with Crippen LogP contribution in [-0.2, 0) is 6.54 Å². The largest absolute Gasteiger partial charge is 0.497 e. The number of pyridine rings is 1. The molecule has 0 atom stereocenters. The van der Waals surface area contributed by atoms with Crippen LogP contribution in [0.15, 0.2) is 64.8 Å². The fourth-order valence-electron chi connectivity index (χ4n) is 4.08. The van der Waals surface area contributed by atoms with Crippen molar-refractivity contribution in [1.29, 1.82) is 0 Å². The molecule has 0 unspecified atom stereocenters. The number of benzene rings is 2. The van der Waals surface area contributed by atoms with E-state index in [1.807, 2.05) is 42.5 Å². The maximum Gasteiger partial charge on any atom is 0.270 e. The summed E-state index contributed by atoms with van der Waals surface area (Å²) in [5, 5.41) is 4.45. The van der Waals surface area contributed by atoms with Crippen LogP contribution in [0.1, 0.15) is 16.2 Å². The summed E-state index contributed by atoms with van der Waals surface area (Å²) >= 11 is 1.63. The van der Waals surface area contributed by atoms with E-state index in [9.17, 15) is 9.59 Å². The van der Waals surface area contributed by atoms with Crippen molar-refractivity contribution < 1.29 is 9.53 Å². The van der Waals surface area contributed by atoms with E-state index in [1.54, 1.807) is 35.5 Å². The molecular weight excluding hydrogens is 436 g/mol. The van der Waals surface area contributed by atoms with Crippen molar-refractivity contribution in [3.8, 4) is 16.3 Å². The van der Waals surface area contributed by atoms with E-state index in [4.69, 9.17) is 9.72 Å². The predicted octanol–water partition coefficient (Wildman–Crippen LogP) is 3.62. The number of aromatic amines is 1. The van der Waals surface area contributed by atoms with Crippen LogP contribution in [0.2, 0.25) is 0 Å². The van der Waals surface area contributed by atoms with Crippen LogP contribution >= 0.6 is 11.3 Å². The van der Waals surface area contributed by atoms with Crippen molar-refractivity contribution in [1.82, 2.24) is 19.8 Å². The molecule has 1 aliphatic rings. The van der Waals surface area contributed by atoms with E-state index in [0.29, 0.717) is 24.2 Å². The van der Waals surface area contributed by atoms with Crippen LogP contribution in [0.5, 0.6) is 5.75 Å². The number of methoxy groups -OCH3 is 1. The Balaban J connectivity index is 1.20. The number of hydrogen-bond donors (Lipinski definition) is 1. The van der Waals surface area contributed by atoms with Crippen LogP contribution in [0.3, 0.4) is 0 Å². The topological polar surface area (TPSA) is 78.5 Å². The molecule has 168 valence electrons. The molecule has 1 amide bonds. The normalized spacial score (nSPS) is 14.5. The number of nitrogens with one attached hydrogen (secondary N) is 1. The van der Waals surface area contributed by atoms with Gasteiger partial charge in [0, 0.05) is 49.1 Å². The highest BCUT2D eigenvalue weighted by Gasteiger charge is 2.23. The second-order valence-electron chi connectivity index (χ2n) is 8.04. The number of ether oxygens (including phenoxy) is 1. The Kier molecular flexibility index (Phi) is 5.93. The predicted molar refractivity (Wildman–Crippen MR) is 130 cm³/mol. The Labute approximate surface area is 195 Å². The lowest BCUT2D eigenvalue weighted by atomic mass is 10.1. The zero-order valence-corrected chi connectivity index (χ0v) is 19.1. The van der Waals surface area contributed by atoms with Crippen molar-refractivity contribution in [2.45, 2.75) is 6.54 Å². The Morgan fingerprint density at radius 3 is 2.61 bits per heavy atom. The first-order valence-corrected chi connectivity index (χ1v) is 11.7. The third-order valence-electron chi connectivity index (χ3n) is 5.92. The number of carbonyl (C=O) groups is 1. The monoisotopic (exact) mass is 460 g/mol. The quantitative estimate of drug-likeness (QED) is 0.492. The molecule has 1 N–H and O–H groups in total. The summed E-state index contributed by atoms with van der Waals surface area (Å²) in [5.74, 6) is 0.698. The summed E-state index contributed by atoms with van der Waals surface area (Å²) in [4.78, 5) is 37.0. The number of piperazine rings is 1. The molecule has 8 heteroatoms. The van der Waals surface area contributed by atoms with Crippen LogP contribution in [0.4, 0.5) is 0 Å². The second-order valence-corrected chi connectivity index (χ2v) is 8.90. The van der Waals surface area contributed by atoms with Gasteiger partial charge in [0.2, 0.25) is 0 Å². The first-order valence-electron chi connectivity index (χ1n) is 10.8. The molecule has 1 saturated heterocycles. The first kappa shape index (κ1) is 21.4. The van der Waals surface area contributed by atoms with E-state index in [-0.39, 0.29) is 11.5 Å². The number of rotatable bonds is 5. The third-order valence-corrected chi connectivity index (χ3v) is 6.86. The molecule has 2 aromatic carbocycles. The minimum absolute atomic E-state index is 0.132. The van der Waals surface area contributed by atoms with Gasteiger partial charge >= 0.3 is 0 Å². The SMILES string of the molecule is COc1ccc(-c2nc(CN3CCN(C(=O)c4cc5ccccc5c(=O)[nH]4)CC3)cs2)cc1. The zero-order valence-electron chi connectivity index (χ0n) is 18.3. The minimum atomic E-state index is -0.230. The lowest BCUT2D eigenvalue weighted by Crippen LogP contribution is -2.48. The van der Waals surface area contributed by atoms with Crippen molar-refractivity contribution >= 4 is 28.0 Å². The lowest BCUT2D eigenvalue weighted by molar-refractivity contribution is 0.0621. The van der Waals surface area contributed by atoms with Gasteiger partial charge in [0.05, 0.1) is 12.8 Å². The number of aromatic nitrogens is 2. The molecule has 1 aliphatic heterocycles. The van der Waals surface area contributed by atoms with Gasteiger partial charge in [-0.25, -0.2) is 4.98 Å². The molecule has 0 radical (unpaired) electrons. The number of H-pyrrole nitrogens is 1. The fraction of sp³-hybridized carbons (Fsp3) is 0.240. The molecule has 1 fully saturated rings. The Morgan fingerprint density at radius 1 is 1.09 bits per heavy atom. The first-order chi connectivity index (χ1) is 16.1. The van der Waals surface area contributed by atoms with Crippen molar-refractivity contribution in [2.75, 3.05) is 33.3 Å². The number of amides is 1. The zero-order chi connectivity index (χ0) is 22.8. The van der Waals surface area contributed by atoms with Crippen LogP contribution in [0.25, 0.3) is 21.3 Å². The van der Waals surface area contributed by atoms with Crippen molar-refractivity contribution in [3.05, 3.63) is 81.7 Å². The van der Waals surface area contributed by atoms with E-state index in [1.165, 1.54) is 0 Å². The summed E-state index contributed by atoms with van der Waals surface area (Å²) < 4.78 is 5.22. The summed E-state index contributed by atoms with van der Waals surface area (Å²) in [5.41, 5.74) is 2.22. The number of hydrogen-bond acceptors (Lipinski definition) is 6. The second kappa shape index (κ2) is 9.17. The van der Waals surface area contributed by atoms with Gasteiger partial charge < -0.3 is 14.6 Å². The summed E-state index contributed by atoms with van der Waals surface area (Å²) in [7, 11) is 1.66. The van der Waals surface area contributed by atoms with Gasteiger partial charge in [0.1, 0.15) is 16.5 Å². The average Bonchev–Trinajstić information content (AvgIpc) is 3.32. The van der Waals surface area contributed by atoms with Gasteiger partial charge in [-0.15, -0.1) is 11.3 Å². The molecule has 0 bridgehead atoms. The smallest absolute Gasteiger partial charge is 0.270 e. The van der Waals surface area contributed by atoms with Gasteiger partial charge in [0.25, 0.3) is 11.5 Å². The number of thiazole rings is 1. The van der Waals surface area contributed by atoms with Gasteiger partial charge in [0.15, 0.2) is 0 Å². The fourth-order valence-corrected chi connectivity index (χ4v) is 4.90. The average molecular weight is 461 g/mol. The van der Waals surface area contributed by atoms with Gasteiger partial charge in [-0.2, -0.15) is 0 Å². The van der Waals surface area contributed by atoms with Gasteiger partial charge in [-0.05, 0) is 41.8 Å². The standard InChI is InChI=1S/C25H24N4O3S/c1-32-20-8-6-17(7-9-20)24-26-19(16-33-24)15-28-10-12-29(13-11-28)25(31)22-14-18-4-2-3-5-21(18)23(30)27-22/h2-9,14,16H,10-13,15H2,1H3,(H,27,30). The lowest BCUT2D eigenvalue weighted by Gasteiger charge is -2.34. The van der Waals surface area contributed by atoms with Crippen LogP contribution in [-0.4, -0.2) is 59.0 Å². The molecule has 0 saturated carbocycles. The molecule has 7 nitrogen and oxygen atoms in total. The number of fused-ring (bicyclic) bond motifs is 1. The maximum absolute atomic E-state index is 13.0. The van der Waals surface area contributed by atoms with Crippen LogP contribution in [0, 0.1) is 0 Å². The van der Waals surface area contributed by atoms with E-state index in [0.717, 1.165) is 47.0 Å². The highest BCUT2D eigenvalue weighted by Crippen LogP contribution is 2.26. The molecular formula is C25H24N4O3S. The van der Waals surface area contributed by atoms with Crippen molar-refractivity contribution in [3.63, 3.8) is 0 Å². The molecule has 0 aliphatic carbocycles. The Bertz CT molecular complexity index is 1340. The minimum Gasteiger partial charge on any atom is -0.497 e. The molecule has 3 heterocycles. The van der Waals surface area contributed by atoms with E-state index in [2.05, 4.69) is 15.3 Å². The van der Waals surface area contributed by atoms with E-state index < -0.39 is 0 Å². The highest BCUT2D eigenvalue weighted by atomic mass is 32.1. The summed E-state index contributed by atoms with van der Waals surface area (Å²) in [6, 6.07) is 17.0. The third kappa shape index (κ3) is 4.53. The summed E-state index contributed by atoms with van der Waals surface area (Å²) in [6.07, 6.45) is 0. The highest BCUT2D eigenvalue weighted by molar-refractivity contribution is 7.13. The maximum atomic E-state index is 13.0. The molecule has 2 aromatic heterocycles. The van der Waals surface area contributed by atoms with Gasteiger partial charge in [-0.1, -0.05) is 18.2 Å². The number of nitrogens with zero attached hydrogens (tertiary/aromatic N) is 3.